The molecule has 0 bridgehead atoms. The molecule has 5 nitrogen and oxygen atoms in total. The number of carbonyl (C=O) groups is 1. The number of nitrogens with zero attached hydrogens (tertiary/aromatic N) is 3. The van der Waals surface area contributed by atoms with E-state index in [1.54, 1.807) is 28.4 Å². The summed E-state index contributed by atoms with van der Waals surface area (Å²) in [7, 11) is 0. The van der Waals surface area contributed by atoms with Crippen LogP contribution in [0, 0.1) is 12.7 Å². The third kappa shape index (κ3) is 3.91. The molecule has 0 aliphatic carbocycles. The predicted molar refractivity (Wildman–Crippen MR) is 112 cm³/mol. The van der Waals surface area contributed by atoms with Crippen molar-refractivity contribution in [3.63, 3.8) is 0 Å². The molecule has 8 heteroatoms. The summed E-state index contributed by atoms with van der Waals surface area (Å²) in [6, 6.07) is 9.95. The maximum atomic E-state index is 13.0. The van der Waals surface area contributed by atoms with Crippen LogP contribution in [0.3, 0.4) is 0 Å². The molecule has 0 radical (unpaired) electrons. The number of anilines is 1. The number of aryl methyl sites for hydroxylation is 1. The molecule has 0 atom stereocenters. The lowest BCUT2D eigenvalue weighted by molar-refractivity contribution is 0.194. The van der Waals surface area contributed by atoms with Crippen LogP contribution in [-0.4, -0.2) is 42.1 Å². The van der Waals surface area contributed by atoms with Crippen molar-refractivity contribution in [3.05, 3.63) is 58.4 Å². The Kier molecular flexibility index (Phi) is 5.37. The van der Waals surface area contributed by atoms with Crippen molar-refractivity contribution in [3.8, 4) is 0 Å². The Morgan fingerprint density at radius 2 is 1.89 bits per heavy atom. The summed E-state index contributed by atoms with van der Waals surface area (Å²) in [5.74, 6) is -0.279. The number of fused-ring (bicyclic) bond motifs is 1. The second-order valence-electron chi connectivity index (χ2n) is 6.77. The van der Waals surface area contributed by atoms with Gasteiger partial charge in [-0.1, -0.05) is 35.1 Å². The van der Waals surface area contributed by atoms with Crippen molar-refractivity contribution >= 4 is 44.3 Å². The van der Waals surface area contributed by atoms with Crippen LogP contribution in [0.5, 0.6) is 0 Å². The van der Waals surface area contributed by atoms with Gasteiger partial charge in [-0.05, 0) is 42.3 Å². The minimum absolute atomic E-state index is 0.101. The fourth-order valence-electron chi connectivity index (χ4n) is 3.22. The van der Waals surface area contributed by atoms with Crippen molar-refractivity contribution in [2.24, 2.45) is 0 Å². The number of rotatable bonds is 3. The molecule has 146 valence electrons. The molecule has 28 heavy (non-hydrogen) atoms. The summed E-state index contributed by atoms with van der Waals surface area (Å²) in [5.41, 5.74) is 2.82. The third-order valence-electron chi connectivity index (χ3n) is 4.93. The molecule has 1 saturated heterocycles. The first-order chi connectivity index (χ1) is 13.5. The Balaban J connectivity index is 1.34. The number of thiazole rings is 1. The molecule has 1 aliphatic rings. The SMILES string of the molecule is Cc1c(Cl)ccc2sc(N3CCN(C(=O)NCc4ccc(F)cc4)CC3)nc12. The molecule has 0 saturated carbocycles. The number of carbonyl (C=O) groups excluding carboxylic acids is 1. The molecule has 2 aromatic carbocycles. The summed E-state index contributed by atoms with van der Waals surface area (Å²) in [4.78, 5) is 21.2. The van der Waals surface area contributed by atoms with E-state index in [1.165, 1.54) is 12.1 Å². The maximum absolute atomic E-state index is 13.0. The van der Waals surface area contributed by atoms with Crippen LogP contribution in [0.25, 0.3) is 10.2 Å². The van der Waals surface area contributed by atoms with Gasteiger partial charge in [0.2, 0.25) is 0 Å². The molecule has 4 rings (SSSR count). The van der Waals surface area contributed by atoms with Crippen molar-refractivity contribution in [1.82, 2.24) is 15.2 Å². The summed E-state index contributed by atoms with van der Waals surface area (Å²) in [5, 5.41) is 4.59. The molecule has 0 unspecified atom stereocenters. The number of hydrogen-bond acceptors (Lipinski definition) is 4. The van der Waals surface area contributed by atoms with Gasteiger partial charge < -0.3 is 15.1 Å². The monoisotopic (exact) mass is 418 g/mol. The van der Waals surface area contributed by atoms with Gasteiger partial charge in [-0.25, -0.2) is 14.2 Å². The van der Waals surface area contributed by atoms with E-state index in [4.69, 9.17) is 16.6 Å². The highest BCUT2D eigenvalue weighted by Crippen LogP contribution is 2.33. The Labute approximate surface area is 171 Å². The molecule has 1 fully saturated rings. The summed E-state index contributed by atoms with van der Waals surface area (Å²) in [6.07, 6.45) is 0. The van der Waals surface area contributed by atoms with Crippen molar-refractivity contribution in [2.45, 2.75) is 13.5 Å². The first-order valence-corrected chi connectivity index (χ1v) is 10.3. The molecular weight excluding hydrogens is 399 g/mol. The highest BCUT2D eigenvalue weighted by atomic mass is 35.5. The minimum Gasteiger partial charge on any atom is -0.345 e. The Morgan fingerprint density at radius 1 is 1.18 bits per heavy atom. The number of piperazine rings is 1. The Hall–Kier alpha value is -2.38. The second-order valence-corrected chi connectivity index (χ2v) is 8.19. The highest BCUT2D eigenvalue weighted by Gasteiger charge is 2.23. The highest BCUT2D eigenvalue weighted by molar-refractivity contribution is 7.22. The van der Waals surface area contributed by atoms with Gasteiger partial charge in [-0.2, -0.15) is 0 Å². The molecule has 1 aliphatic heterocycles. The number of hydrogen-bond donors (Lipinski definition) is 1. The lowest BCUT2D eigenvalue weighted by atomic mass is 10.2. The van der Waals surface area contributed by atoms with Crippen LogP contribution in [0.1, 0.15) is 11.1 Å². The van der Waals surface area contributed by atoms with E-state index in [9.17, 15) is 9.18 Å². The van der Waals surface area contributed by atoms with Gasteiger partial charge in [0.25, 0.3) is 0 Å². The first-order valence-electron chi connectivity index (χ1n) is 9.09. The fraction of sp³-hybridized carbons (Fsp3) is 0.300. The number of nitrogens with one attached hydrogen (secondary N) is 1. The van der Waals surface area contributed by atoms with Gasteiger partial charge in [-0.3, -0.25) is 0 Å². The van der Waals surface area contributed by atoms with Gasteiger partial charge in [-0.15, -0.1) is 0 Å². The summed E-state index contributed by atoms with van der Waals surface area (Å²) in [6.45, 7) is 5.10. The Morgan fingerprint density at radius 3 is 2.61 bits per heavy atom. The van der Waals surface area contributed by atoms with Crippen LogP contribution in [-0.2, 0) is 6.54 Å². The second kappa shape index (κ2) is 7.93. The summed E-state index contributed by atoms with van der Waals surface area (Å²) >= 11 is 7.85. The third-order valence-corrected chi connectivity index (χ3v) is 6.42. The van der Waals surface area contributed by atoms with Gasteiger partial charge >= 0.3 is 6.03 Å². The van der Waals surface area contributed by atoms with Gasteiger partial charge in [0.15, 0.2) is 5.13 Å². The average molecular weight is 419 g/mol. The molecule has 2 heterocycles. The minimum atomic E-state index is -0.279. The molecule has 2 amide bonds. The zero-order chi connectivity index (χ0) is 19.7. The van der Waals surface area contributed by atoms with Crippen molar-refractivity contribution in [1.29, 1.82) is 0 Å². The predicted octanol–water partition coefficient (Wildman–Crippen LogP) is 4.43. The van der Waals surface area contributed by atoms with E-state index in [2.05, 4.69) is 10.2 Å². The smallest absolute Gasteiger partial charge is 0.317 e. The van der Waals surface area contributed by atoms with Crippen LogP contribution in [0.15, 0.2) is 36.4 Å². The van der Waals surface area contributed by atoms with Gasteiger partial charge in [0.1, 0.15) is 5.82 Å². The quantitative estimate of drug-likeness (QED) is 0.684. The van der Waals surface area contributed by atoms with E-state index in [-0.39, 0.29) is 11.8 Å². The van der Waals surface area contributed by atoms with E-state index >= 15 is 0 Å². The fourth-order valence-corrected chi connectivity index (χ4v) is 4.45. The number of amides is 2. The number of aromatic nitrogens is 1. The van der Waals surface area contributed by atoms with Gasteiger partial charge in [0.05, 0.1) is 10.2 Å². The molecule has 3 aromatic rings. The van der Waals surface area contributed by atoms with E-state index < -0.39 is 0 Å². The van der Waals surface area contributed by atoms with E-state index in [0.29, 0.717) is 19.6 Å². The zero-order valence-electron chi connectivity index (χ0n) is 15.4. The normalized spacial score (nSPS) is 14.5. The van der Waals surface area contributed by atoms with Crippen molar-refractivity contribution < 1.29 is 9.18 Å². The number of halogens is 2. The number of benzene rings is 2. The molecule has 0 spiro atoms. The van der Waals surface area contributed by atoms with Crippen LogP contribution < -0.4 is 10.2 Å². The Bertz CT molecular complexity index is 999. The lowest BCUT2D eigenvalue weighted by Gasteiger charge is -2.34. The van der Waals surface area contributed by atoms with Crippen molar-refractivity contribution in [2.75, 3.05) is 31.1 Å². The van der Waals surface area contributed by atoms with E-state index in [1.807, 2.05) is 19.1 Å². The first kappa shape index (κ1) is 19.0. The standard InChI is InChI=1S/C20H20ClFN4OS/c1-13-16(21)6-7-17-18(13)24-20(28-17)26-10-8-25(9-11-26)19(27)23-12-14-2-4-15(22)5-3-14/h2-7H,8-12H2,1H3,(H,23,27). The number of urea groups is 1. The van der Waals surface area contributed by atoms with Gasteiger partial charge in [0, 0.05) is 37.7 Å². The topological polar surface area (TPSA) is 48.5 Å². The molecule has 1 aromatic heterocycles. The molecule has 1 N–H and O–H groups in total. The largest absolute Gasteiger partial charge is 0.345 e. The zero-order valence-corrected chi connectivity index (χ0v) is 17.0. The maximum Gasteiger partial charge on any atom is 0.317 e. The summed E-state index contributed by atoms with van der Waals surface area (Å²) < 4.78 is 14.1. The molecular formula is C20H20ClFN4OS. The van der Waals surface area contributed by atoms with Crippen LogP contribution in [0.2, 0.25) is 5.02 Å². The van der Waals surface area contributed by atoms with Crippen LogP contribution in [0.4, 0.5) is 14.3 Å². The lowest BCUT2D eigenvalue weighted by Crippen LogP contribution is -2.51. The van der Waals surface area contributed by atoms with E-state index in [0.717, 1.165) is 44.6 Å². The van der Waals surface area contributed by atoms with Crippen LogP contribution >= 0.6 is 22.9 Å². The average Bonchev–Trinajstić information content (AvgIpc) is 3.15.